The van der Waals surface area contributed by atoms with Crippen LogP contribution in [0, 0.1) is 17.7 Å². The zero-order valence-electron chi connectivity index (χ0n) is 21.1. The van der Waals surface area contributed by atoms with Crippen molar-refractivity contribution in [2.45, 2.75) is 86.5 Å². The maximum absolute atomic E-state index is 15.4. The van der Waals surface area contributed by atoms with Crippen LogP contribution in [0.5, 0.6) is 0 Å². The van der Waals surface area contributed by atoms with Gasteiger partial charge in [-0.1, -0.05) is 70.6 Å². The van der Waals surface area contributed by atoms with Crippen molar-refractivity contribution in [2.75, 3.05) is 7.05 Å². The molecule has 1 atom stereocenters. The molecule has 0 spiro atoms. The summed E-state index contributed by atoms with van der Waals surface area (Å²) in [5.74, 6) is 1.09. The number of allylic oxidation sites excluding steroid dienone is 1. The number of nitrogens with two attached hydrogens (primary N) is 1. The van der Waals surface area contributed by atoms with Crippen LogP contribution in [-0.4, -0.2) is 12.9 Å². The van der Waals surface area contributed by atoms with Crippen LogP contribution in [0.25, 0.3) is 0 Å². The maximum Gasteiger partial charge on any atom is 0.145 e. The molecule has 1 aromatic rings. The standard InChI is InChI=1S/C27H43ClFN3/c1-8-10-11-20(9-2)15-24-23(14-18(3)4)21(17-25(28)26(24)29)16-22(19(5)6)27(30)32-13-12-31-7/h12-13,17-18,20,31H,8-11,14-16H2,1-7H3,(H2,30,32)/b13-12-. The normalized spacial score (nSPS) is 13.1. The van der Waals surface area contributed by atoms with Crippen LogP contribution in [0.3, 0.4) is 0 Å². The Morgan fingerprint density at radius 3 is 2.44 bits per heavy atom. The molecule has 0 aliphatic heterocycles. The first kappa shape index (κ1) is 28.2. The van der Waals surface area contributed by atoms with E-state index in [4.69, 9.17) is 17.3 Å². The smallest absolute Gasteiger partial charge is 0.145 e. The molecule has 1 rings (SSSR count). The maximum atomic E-state index is 15.4. The van der Waals surface area contributed by atoms with Gasteiger partial charge in [0.1, 0.15) is 11.7 Å². The Kier molecular flexibility index (Phi) is 12.7. The van der Waals surface area contributed by atoms with Gasteiger partial charge in [0.2, 0.25) is 0 Å². The van der Waals surface area contributed by atoms with Gasteiger partial charge in [0.05, 0.1) is 5.02 Å². The van der Waals surface area contributed by atoms with Gasteiger partial charge in [-0.05, 0) is 66.9 Å². The molecule has 0 fully saturated rings. The van der Waals surface area contributed by atoms with Crippen molar-refractivity contribution >= 4 is 17.4 Å². The Hall–Kier alpha value is -1.81. The molecule has 32 heavy (non-hydrogen) atoms. The molecule has 0 saturated carbocycles. The third kappa shape index (κ3) is 8.61. The fourth-order valence-electron chi connectivity index (χ4n) is 4.02. The minimum atomic E-state index is -0.252. The number of hydrogen-bond donors (Lipinski definition) is 2. The number of aliphatic imine (C=N–C) groups is 1. The summed E-state index contributed by atoms with van der Waals surface area (Å²) < 4.78 is 15.4. The Bertz CT molecular complexity index is 821. The van der Waals surface area contributed by atoms with E-state index < -0.39 is 0 Å². The van der Waals surface area contributed by atoms with E-state index in [1.165, 1.54) is 6.42 Å². The number of unbranched alkanes of at least 4 members (excludes halogenated alkanes) is 1. The van der Waals surface area contributed by atoms with Crippen LogP contribution in [-0.2, 0) is 19.3 Å². The summed E-state index contributed by atoms with van der Waals surface area (Å²) in [5.41, 5.74) is 11.3. The topological polar surface area (TPSA) is 50.4 Å². The minimum Gasteiger partial charge on any atom is -0.393 e. The van der Waals surface area contributed by atoms with E-state index in [0.29, 0.717) is 24.1 Å². The van der Waals surface area contributed by atoms with E-state index in [2.05, 4.69) is 38.0 Å². The summed E-state index contributed by atoms with van der Waals surface area (Å²) in [4.78, 5) is 4.37. The van der Waals surface area contributed by atoms with E-state index in [9.17, 15) is 0 Å². The third-order valence-electron chi connectivity index (χ3n) is 5.91. The predicted molar refractivity (Wildman–Crippen MR) is 139 cm³/mol. The van der Waals surface area contributed by atoms with Gasteiger partial charge in [-0.3, -0.25) is 0 Å². The zero-order chi connectivity index (χ0) is 24.3. The highest BCUT2D eigenvalue weighted by Gasteiger charge is 2.22. The van der Waals surface area contributed by atoms with Gasteiger partial charge in [-0.25, -0.2) is 9.38 Å². The first-order valence-electron chi connectivity index (χ1n) is 12.0. The van der Waals surface area contributed by atoms with E-state index in [1.54, 1.807) is 18.5 Å². The number of benzene rings is 1. The summed E-state index contributed by atoms with van der Waals surface area (Å²) in [5, 5.41) is 3.11. The van der Waals surface area contributed by atoms with E-state index in [1.807, 2.05) is 20.9 Å². The number of hydrogen-bond acceptors (Lipinski definition) is 2. The quantitative estimate of drug-likeness (QED) is 0.237. The Morgan fingerprint density at radius 2 is 1.91 bits per heavy atom. The van der Waals surface area contributed by atoms with Crippen LogP contribution >= 0.6 is 11.6 Å². The highest BCUT2D eigenvalue weighted by atomic mass is 35.5. The number of halogens is 2. The van der Waals surface area contributed by atoms with Crippen molar-refractivity contribution in [2.24, 2.45) is 22.6 Å². The van der Waals surface area contributed by atoms with Gasteiger partial charge in [0.25, 0.3) is 0 Å². The molecule has 0 amide bonds. The fourth-order valence-corrected chi connectivity index (χ4v) is 4.27. The molecular weight excluding hydrogens is 421 g/mol. The van der Waals surface area contributed by atoms with Gasteiger partial charge in [0.15, 0.2) is 0 Å². The average molecular weight is 464 g/mol. The molecule has 0 aliphatic carbocycles. The van der Waals surface area contributed by atoms with Crippen molar-refractivity contribution in [1.29, 1.82) is 0 Å². The number of rotatable bonds is 13. The summed E-state index contributed by atoms with van der Waals surface area (Å²) in [6.45, 7) is 12.8. The lowest BCUT2D eigenvalue weighted by Crippen LogP contribution is -2.19. The Morgan fingerprint density at radius 1 is 1.22 bits per heavy atom. The second-order valence-corrected chi connectivity index (χ2v) is 9.69. The summed E-state index contributed by atoms with van der Waals surface area (Å²) >= 11 is 6.43. The highest BCUT2D eigenvalue weighted by molar-refractivity contribution is 6.30. The molecule has 180 valence electrons. The summed E-state index contributed by atoms with van der Waals surface area (Å²) in [6.07, 6.45) is 10.00. The van der Waals surface area contributed by atoms with Crippen LogP contribution in [0.15, 0.2) is 34.6 Å². The molecule has 0 saturated heterocycles. The van der Waals surface area contributed by atoms with E-state index in [-0.39, 0.29) is 10.8 Å². The highest BCUT2D eigenvalue weighted by Crippen LogP contribution is 2.33. The fraction of sp³-hybridized carbons (Fsp3) is 0.593. The third-order valence-corrected chi connectivity index (χ3v) is 6.19. The van der Waals surface area contributed by atoms with Gasteiger partial charge in [-0.2, -0.15) is 0 Å². The number of nitrogens with one attached hydrogen (secondary N) is 1. The molecule has 5 heteroatoms. The van der Waals surface area contributed by atoms with Crippen LogP contribution < -0.4 is 11.1 Å². The Labute approximate surface area is 200 Å². The lowest BCUT2D eigenvalue weighted by molar-refractivity contribution is 0.437. The van der Waals surface area contributed by atoms with Crippen molar-refractivity contribution in [3.05, 3.63) is 57.1 Å². The monoisotopic (exact) mass is 463 g/mol. The molecule has 0 aromatic heterocycles. The molecular formula is C27H43ClFN3. The van der Waals surface area contributed by atoms with Crippen LogP contribution in [0.1, 0.15) is 83.9 Å². The molecule has 3 nitrogen and oxygen atoms in total. The van der Waals surface area contributed by atoms with Crippen LogP contribution in [0.4, 0.5) is 4.39 Å². The summed E-state index contributed by atoms with van der Waals surface area (Å²) in [7, 11) is 1.81. The molecule has 1 aromatic carbocycles. The second kappa shape index (κ2) is 14.4. The van der Waals surface area contributed by atoms with Crippen molar-refractivity contribution < 1.29 is 4.39 Å². The number of nitrogens with zero attached hydrogens (tertiary/aromatic N) is 1. The van der Waals surface area contributed by atoms with Gasteiger partial charge in [-0.15, -0.1) is 0 Å². The Balaban J connectivity index is 3.53. The van der Waals surface area contributed by atoms with Gasteiger partial charge >= 0.3 is 0 Å². The van der Waals surface area contributed by atoms with Gasteiger partial charge in [0, 0.05) is 25.9 Å². The minimum absolute atomic E-state index is 0.201. The van der Waals surface area contributed by atoms with E-state index in [0.717, 1.165) is 59.9 Å². The zero-order valence-corrected chi connectivity index (χ0v) is 21.9. The first-order valence-corrected chi connectivity index (χ1v) is 12.3. The average Bonchev–Trinajstić information content (AvgIpc) is 2.73. The lowest BCUT2D eigenvalue weighted by Gasteiger charge is -2.23. The predicted octanol–water partition coefficient (Wildman–Crippen LogP) is 7.36. The largest absolute Gasteiger partial charge is 0.393 e. The number of amidine groups is 1. The summed E-state index contributed by atoms with van der Waals surface area (Å²) in [6, 6.07) is 1.80. The van der Waals surface area contributed by atoms with E-state index >= 15 is 4.39 Å². The van der Waals surface area contributed by atoms with Gasteiger partial charge < -0.3 is 11.1 Å². The molecule has 0 heterocycles. The molecule has 1 unspecified atom stereocenters. The van der Waals surface area contributed by atoms with Crippen LogP contribution in [0.2, 0.25) is 5.02 Å². The van der Waals surface area contributed by atoms with Crippen molar-refractivity contribution in [3.8, 4) is 0 Å². The van der Waals surface area contributed by atoms with Crippen molar-refractivity contribution in [1.82, 2.24) is 5.32 Å². The molecule has 0 bridgehead atoms. The molecule has 0 radical (unpaired) electrons. The SMILES string of the molecule is CCCCC(CC)Cc1c(F)c(Cl)cc(CC(C(N)=N/C=C\NC)=C(C)C)c1CC(C)C. The molecule has 0 aliphatic rings. The van der Waals surface area contributed by atoms with Crippen molar-refractivity contribution in [3.63, 3.8) is 0 Å². The second-order valence-electron chi connectivity index (χ2n) is 9.28. The first-order chi connectivity index (χ1) is 15.2. The lowest BCUT2D eigenvalue weighted by atomic mass is 9.83. The molecule has 3 N–H and O–H groups in total.